The van der Waals surface area contributed by atoms with Gasteiger partial charge in [0.2, 0.25) is 0 Å². The van der Waals surface area contributed by atoms with Gasteiger partial charge in [0.05, 0.1) is 7.11 Å². The molecule has 11 heavy (non-hydrogen) atoms. The van der Waals surface area contributed by atoms with Crippen LogP contribution in [0.25, 0.3) is 0 Å². The predicted molar refractivity (Wildman–Crippen MR) is 40.8 cm³/mol. The van der Waals surface area contributed by atoms with Crippen molar-refractivity contribution in [2.75, 3.05) is 14.2 Å². The Balaban J connectivity index is 2.46. The summed E-state index contributed by atoms with van der Waals surface area (Å²) in [5, 5.41) is 4.29. The molecule has 4 heteroatoms. The largest absolute Gasteiger partial charge is 0.297 e. The van der Waals surface area contributed by atoms with Crippen molar-refractivity contribution in [3.05, 3.63) is 0 Å². The molecule has 1 N–H and O–H groups in total. The van der Waals surface area contributed by atoms with E-state index in [1.54, 1.807) is 7.05 Å². The third-order valence-corrected chi connectivity index (χ3v) is 1.99. The van der Waals surface area contributed by atoms with Crippen molar-refractivity contribution >= 4 is 5.91 Å². The molecule has 0 aromatic rings. The van der Waals surface area contributed by atoms with Crippen LogP contribution in [0, 0.1) is 0 Å². The molecule has 0 aliphatic carbocycles. The molecule has 0 radical (unpaired) electrons. The number of amides is 1. The Bertz CT molecular complexity index is 179. The van der Waals surface area contributed by atoms with E-state index in [1.165, 1.54) is 12.2 Å². The molecule has 0 aromatic carbocycles. The van der Waals surface area contributed by atoms with Gasteiger partial charge in [-0.1, -0.05) is 0 Å². The zero-order valence-corrected chi connectivity index (χ0v) is 7.34. The van der Waals surface area contributed by atoms with Gasteiger partial charge < -0.3 is 0 Å². The summed E-state index contributed by atoms with van der Waals surface area (Å²) in [7, 11) is 3.09. The second-order valence-electron chi connectivity index (χ2n) is 3.32. The van der Waals surface area contributed by atoms with Crippen molar-refractivity contribution in [1.82, 2.24) is 10.4 Å². The minimum absolute atomic E-state index is 0.0162. The molecule has 1 heterocycles. The summed E-state index contributed by atoms with van der Waals surface area (Å²) in [4.78, 5) is 16.0. The van der Waals surface area contributed by atoms with E-state index in [0.717, 1.165) is 0 Å². The number of likely N-dealkylation sites (N-methyl/N-ethyl adjacent to an activating group) is 1. The molecule has 1 amide bonds. The highest BCUT2D eigenvalue weighted by Crippen LogP contribution is 2.25. The minimum atomic E-state index is -0.0764. The average Bonchev–Trinajstić information content (AvgIpc) is 2.56. The Morgan fingerprint density at radius 3 is 2.36 bits per heavy atom. The summed E-state index contributed by atoms with van der Waals surface area (Å²) in [6.45, 7) is 3.97. The highest BCUT2D eigenvalue weighted by molar-refractivity contribution is 5.85. The minimum Gasteiger partial charge on any atom is -0.297 e. The molecule has 1 saturated heterocycles. The van der Waals surface area contributed by atoms with Crippen molar-refractivity contribution in [1.29, 1.82) is 0 Å². The molecule has 0 bridgehead atoms. The summed E-state index contributed by atoms with van der Waals surface area (Å²) >= 11 is 0. The summed E-state index contributed by atoms with van der Waals surface area (Å²) in [5.74, 6) is -0.0162. The first-order valence-corrected chi connectivity index (χ1v) is 3.58. The van der Waals surface area contributed by atoms with Crippen LogP contribution in [0.3, 0.4) is 0 Å². The van der Waals surface area contributed by atoms with Crippen LogP contribution in [0.15, 0.2) is 0 Å². The lowest BCUT2D eigenvalue weighted by Gasteiger charge is -2.12. The quantitative estimate of drug-likeness (QED) is 0.445. The Hall–Kier alpha value is -0.610. The van der Waals surface area contributed by atoms with Crippen LogP contribution in [0.4, 0.5) is 0 Å². The number of carbonyl (C=O) groups excluding carboxylic acids is 1. The van der Waals surface area contributed by atoms with Gasteiger partial charge in [0.15, 0.2) is 0 Å². The first-order chi connectivity index (χ1) is 4.99. The van der Waals surface area contributed by atoms with Gasteiger partial charge in [-0.3, -0.25) is 14.9 Å². The third kappa shape index (κ3) is 1.52. The molecule has 64 valence electrons. The molecule has 1 unspecified atom stereocenters. The van der Waals surface area contributed by atoms with Crippen molar-refractivity contribution in [2.24, 2.45) is 0 Å². The zero-order valence-electron chi connectivity index (χ0n) is 7.34. The van der Waals surface area contributed by atoms with Crippen LogP contribution in [-0.4, -0.2) is 36.7 Å². The molecule has 1 rings (SSSR count). The van der Waals surface area contributed by atoms with Crippen molar-refractivity contribution < 1.29 is 9.63 Å². The van der Waals surface area contributed by atoms with Gasteiger partial charge in [-0.25, -0.2) is 5.06 Å². The molecule has 1 atom stereocenters. The summed E-state index contributed by atoms with van der Waals surface area (Å²) in [6.07, 6.45) is 0. The van der Waals surface area contributed by atoms with Crippen LogP contribution >= 0.6 is 0 Å². The smallest absolute Gasteiger partial charge is 0.264 e. The van der Waals surface area contributed by atoms with E-state index < -0.39 is 0 Å². The van der Waals surface area contributed by atoms with Crippen LogP contribution in [0.5, 0.6) is 0 Å². The van der Waals surface area contributed by atoms with Gasteiger partial charge >= 0.3 is 0 Å². The Morgan fingerprint density at radius 2 is 2.09 bits per heavy atom. The number of hydrogen-bond acceptors (Lipinski definition) is 3. The first kappa shape index (κ1) is 8.49. The van der Waals surface area contributed by atoms with Gasteiger partial charge in [0.1, 0.15) is 6.04 Å². The van der Waals surface area contributed by atoms with Gasteiger partial charge in [-0.2, -0.15) is 0 Å². The van der Waals surface area contributed by atoms with E-state index in [2.05, 4.69) is 5.32 Å². The number of nitrogens with one attached hydrogen (secondary N) is 1. The summed E-state index contributed by atoms with van der Waals surface area (Å²) in [5.41, 5.74) is -0.0517. The molecule has 0 aromatic heterocycles. The van der Waals surface area contributed by atoms with Gasteiger partial charge in [-0.05, 0) is 13.8 Å². The Labute approximate surface area is 66.5 Å². The average molecular weight is 158 g/mol. The fraction of sp³-hybridized carbons (Fsp3) is 0.857. The third-order valence-electron chi connectivity index (χ3n) is 1.99. The van der Waals surface area contributed by atoms with Crippen molar-refractivity contribution in [3.8, 4) is 0 Å². The molecular weight excluding hydrogens is 144 g/mol. The van der Waals surface area contributed by atoms with Gasteiger partial charge in [-0.15, -0.1) is 0 Å². The Kier molecular flexibility index (Phi) is 1.90. The lowest BCUT2D eigenvalue weighted by atomic mass is 10.1. The normalized spacial score (nSPS) is 26.4. The van der Waals surface area contributed by atoms with E-state index in [1.807, 2.05) is 13.8 Å². The second kappa shape index (κ2) is 2.46. The molecular formula is C7H14N2O2. The number of hydroxylamine groups is 2. The molecule has 1 aliphatic heterocycles. The number of hydrogen-bond donors (Lipinski definition) is 1. The maximum absolute atomic E-state index is 11.3. The number of rotatable bonds is 2. The highest BCUT2D eigenvalue weighted by Gasteiger charge is 2.51. The van der Waals surface area contributed by atoms with Crippen LogP contribution in [0.1, 0.15) is 13.8 Å². The van der Waals surface area contributed by atoms with Crippen LogP contribution < -0.4 is 5.32 Å². The molecule has 1 fully saturated rings. The molecule has 4 nitrogen and oxygen atoms in total. The fourth-order valence-electron chi connectivity index (χ4n) is 0.973. The summed E-state index contributed by atoms with van der Waals surface area (Å²) in [6, 6.07) is -0.0764. The number of carbonyl (C=O) groups is 1. The maximum atomic E-state index is 11.3. The molecule has 1 aliphatic rings. The van der Waals surface area contributed by atoms with E-state index in [9.17, 15) is 4.79 Å². The van der Waals surface area contributed by atoms with Crippen LogP contribution in [-0.2, 0) is 9.63 Å². The maximum Gasteiger partial charge on any atom is 0.264 e. The van der Waals surface area contributed by atoms with Gasteiger partial charge in [0, 0.05) is 12.6 Å². The van der Waals surface area contributed by atoms with E-state index >= 15 is 0 Å². The number of nitrogens with zero attached hydrogens (tertiary/aromatic N) is 1. The van der Waals surface area contributed by atoms with E-state index in [4.69, 9.17) is 4.84 Å². The topological polar surface area (TPSA) is 51.5 Å². The van der Waals surface area contributed by atoms with Gasteiger partial charge in [0.25, 0.3) is 5.91 Å². The zero-order chi connectivity index (χ0) is 8.65. The standard InChI is InChI=1S/C7H14N2O2/c1-7(2)5(8-7)6(10)9(3)11-4/h5,8H,1-4H3. The highest BCUT2D eigenvalue weighted by atomic mass is 16.7. The summed E-state index contributed by atoms with van der Waals surface area (Å²) < 4.78 is 0. The van der Waals surface area contributed by atoms with E-state index in [-0.39, 0.29) is 17.5 Å². The van der Waals surface area contributed by atoms with Crippen LogP contribution in [0.2, 0.25) is 0 Å². The SMILES string of the molecule is CON(C)C(=O)C1NC1(C)C. The monoisotopic (exact) mass is 158 g/mol. The predicted octanol–water partition coefficient (Wildman–Crippen LogP) is -0.243. The molecule has 0 spiro atoms. The van der Waals surface area contributed by atoms with Crippen molar-refractivity contribution in [2.45, 2.75) is 25.4 Å². The van der Waals surface area contributed by atoms with E-state index in [0.29, 0.717) is 0 Å². The Morgan fingerprint density at radius 1 is 1.64 bits per heavy atom. The lowest BCUT2D eigenvalue weighted by Crippen LogP contribution is -2.32. The lowest BCUT2D eigenvalue weighted by molar-refractivity contribution is -0.168. The molecule has 0 saturated carbocycles. The van der Waals surface area contributed by atoms with Crippen molar-refractivity contribution in [3.63, 3.8) is 0 Å². The second-order valence-corrected chi connectivity index (χ2v) is 3.32. The first-order valence-electron chi connectivity index (χ1n) is 3.58. The fourth-order valence-corrected chi connectivity index (χ4v) is 0.973.